The third kappa shape index (κ3) is 4.31. The van der Waals surface area contributed by atoms with E-state index in [1.165, 1.54) is 21.5 Å². The summed E-state index contributed by atoms with van der Waals surface area (Å²) in [6, 6.07) is 8.89. The fourth-order valence-electron chi connectivity index (χ4n) is 2.95. The molecule has 0 bridgehead atoms. The topological polar surface area (TPSA) is 82.7 Å². The van der Waals surface area contributed by atoms with Crippen LogP contribution in [0.25, 0.3) is 0 Å². The quantitative estimate of drug-likeness (QED) is 0.789. The molecule has 1 amide bonds. The maximum Gasteiger partial charge on any atom is 0.270 e. The number of benzene rings is 1. The number of aromatic nitrogens is 1. The number of hydrogen-bond donors (Lipinski definition) is 1. The first-order valence-electron chi connectivity index (χ1n) is 8.57. The Kier molecular flexibility index (Phi) is 6.13. The van der Waals surface area contributed by atoms with Crippen molar-refractivity contribution in [2.45, 2.75) is 11.4 Å². The van der Waals surface area contributed by atoms with Crippen LogP contribution < -0.4 is 4.74 Å². The van der Waals surface area contributed by atoms with E-state index >= 15 is 0 Å². The van der Waals surface area contributed by atoms with Crippen LogP contribution in [-0.2, 0) is 16.6 Å². The zero-order chi connectivity index (χ0) is 19.4. The second kappa shape index (κ2) is 8.37. The molecule has 146 valence electrons. The highest BCUT2D eigenvalue weighted by molar-refractivity contribution is 7.99. The first-order valence-corrected chi connectivity index (χ1v) is 11.2. The summed E-state index contributed by atoms with van der Waals surface area (Å²) in [5.41, 5.74) is 1.12. The third-order valence-corrected chi connectivity index (χ3v) is 7.26. The Labute approximate surface area is 163 Å². The smallest absolute Gasteiger partial charge is 0.270 e. The number of sulfonamides is 1. The highest BCUT2D eigenvalue weighted by atomic mass is 32.2. The van der Waals surface area contributed by atoms with E-state index in [0.717, 1.165) is 17.1 Å². The summed E-state index contributed by atoms with van der Waals surface area (Å²) < 4.78 is 32.2. The van der Waals surface area contributed by atoms with Gasteiger partial charge in [0.2, 0.25) is 10.0 Å². The summed E-state index contributed by atoms with van der Waals surface area (Å²) in [5, 5.41) is 0. The van der Waals surface area contributed by atoms with E-state index in [4.69, 9.17) is 4.74 Å². The number of carbonyl (C=O) groups excluding carboxylic acids is 1. The van der Waals surface area contributed by atoms with Crippen LogP contribution in [0.2, 0.25) is 0 Å². The second-order valence-corrected chi connectivity index (χ2v) is 9.40. The van der Waals surface area contributed by atoms with Crippen molar-refractivity contribution >= 4 is 27.7 Å². The number of nitrogens with zero attached hydrogens (tertiary/aromatic N) is 2. The number of nitrogens with one attached hydrogen (secondary N) is 1. The number of rotatable bonds is 6. The molecule has 2 aromatic rings. The minimum absolute atomic E-state index is 0.128. The van der Waals surface area contributed by atoms with Crippen molar-refractivity contribution in [2.24, 2.45) is 0 Å². The molecule has 1 N–H and O–H groups in total. The lowest BCUT2D eigenvalue weighted by atomic mass is 10.2. The highest BCUT2D eigenvalue weighted by Gasteiger charge is 2.28. The SMILES string of the molecule is COc1ccccc1CN(C)C(=O)c1cc(S(=O)(=O)N2CCSCC2)c[nH]1. The van der Waals surface area contributed by atoms with Crippen LogP contribution in [0.1, 0.15) is 16.1 Å². The zero-order valence-corrected chi connectivity index (χ0v) is 17.0. The van der Waals surface area contributed by atoms with Crippen molar-refractivity contribution in [3.05, 3.63) is 47.8 Å². The molecular weight excluding hydrogens is 386 g/mol. The molecule has 3 rings (SSSR count). The standard InChI is InChI=1S/C18H23N3O4S2/c1-20(13-14-5-3-4-6-17(14)25-2)18(22)16-11-15(12-19-16)27(23,24)21-7-9-26-10-8-21/h3-6,11-12,19H,7-10,13H2,1-2H3. The minimum atomic E-state index is -3.57. The average Bonchev–Trinajstić information content (AvgIpc) is 3.19. The monoisotopic (exact) mass is 409 g/mol. The molecule has 1 saturated heterocycles. The van der Waals surface area contributed by atoms with Crippen LogP contribution in [0.3, 0.4) is 0 Å². The van der Waals surface area contributed by atoms with Gasteiger partial charge in [0.25, 0.3) is 5.91 Å². The lowest BCUT2D eigenvalue weighted by Crippen LogP contribution is -2.37. The minimum Gasteiger partial charge on any atom is -0.496 e. The summed E-state index contributed by atoms with van der Waals surface area (Å²) in [5.74, 6) is 2.00. The van der Waals surface area contributed by atoms with E-state index in [1.807, 2.05) is 24.3 Å². The van der Waals surface area contributed by atoms with Gasteiger partial charge >= 0.3 is 0 Å². The van der Waals surface area contributed by atoms with Gasteiger partial charge in [-0.2, -0.15) is 16.1 Å². The average molecular weight is 410 g/mol. The molecule has 1 aromatic heterocycles. The number of H-pyrrole nitrogens is 1. The fraction of sp³-hybridized carbons (Fsp3) is 0.389. The molecular formula is C18H23N3O4S2. The molecule has 0 radical (unpaired) electrons. The summed E-state index contributed by atoms with van der Waals surface area (Å²) in [6.45, 7) is 1.34. The molecule has 0 saturated carbocycles. The van der Waals surface area contributed by atoms with Crippen molar-refractivity contribution < 1.29 is 17.9 Å². The van der Waals surface area contributed by atoms with Crippen LogP contribution in [0.4, 0.5) is 0 Å². The van der Waals surface area contributed by atoms with Gasteiger partial charge < -0.3 is 14.6 Å². The van der Waals surface area contributed by atoms with Gasteiger partial charge in [-0.05, 0) is 12.1 Å². The molecule has 1 aliphatic heterocycles. The van der Waals surface area contributed by atoms with Gasteiger partial charge in [-0.3, -0.25) is 4.79 Å². The van der Waals surface area contributed by atoms with Gasteiger partial charge in [-0.1, -0.05) is 18.2 Å². The van der Waals surface area contributed by atoms with Gasteiger partial charge in [0.1, 0.15) is 16.3 Å². The van der Waals surface area contributed by atoms with E-state index in [-0.39, 0.29) is 16.5 Å². The molecule has 27 heavy (non-hydrogen) atoms. The summed E-state index contributed by atoms with van der Waals surface area (Å²) in [7, 11) is -0.315. The molecule has 0 atom stereocenters. The molecule has 1 aliphatic rings. The molecule has 1 aromatic carbocycles. The lowest BCUT2D eigenvalue weighted by molar-refractivity contribution is 0.0779. The number of hydrogen-bond acceptors (Lipinski definition) is 5. The van der Waals surface area contributed by atoms with E-state index in [2.05, 4.69) is 4.98 Å². The summed E-state index contributed by atoms with van der Waals surface area (Å²) in [6.07, 6.45) is 1.39. The Hall–Kier alpha value is -1.97. The third-order valence-electron chi connectivity index (χ3n) is 4.44. The molecule has 1 fully saturated rings. The largest absolute Gasteiger partial charge is 0.496 e. The summed E-state index contributed by atoms with van der Waals surface area (Å²) in [4.78, 5) is 17.2. The predicted molar refractivity (Wildman–Crippen MR) is 106 cm³/mol. The van der Waals surface area contributed by atoms with Crippen molar-refractivity contribution in [2.75, 3.05) is 38.8 Å². The second-order valence-electron chi connectivity index (χ2n) is 6.24. The molecule has 9 heteroatoms. The van der Waals surface area contributed by atoms with Crippen LogP contribution in [0.5, 0.6) is 5.75 Å². The fourth-order valence-corrected chi connectivity index (χ4v) is 5.52. The number of carbonyl (C=O) groups is 1. The van der Waals surface area contributed by atoms with Crippen molar-refractivity contribution in [3.8, 4) is 5.75 Å². The normalized spacial score (nSPS) is 15.5. The maximum absolute atomic E-state index is 12.7. The number of aromatic amines is 1. The molecule has 0 unspecified atom stereocenters. The highest BCUT2D eigenvalue weighted by Crippen LogP contribution is 2.22. The van der Waals surface area contributed by atoms with E-state index in [9.17, 15) is 13.2 Å². The van der Waals surface area contributed by atoms with E-state index in [1.54, 1.807) is 25.9 Å². The van der Waals surface area contributed by atoms with Gasteiger partial charge in [0.15, 0.2) is 0 Å². The first-order chi connectivity index (χ1) is 12.9. The number of methoxy groups -OCH3 is 1. The Balaban J connectivity index is 1.74. The Morgan fingerprint density at radius 3 is 2.70 bits per heavy atom. The number of thioether (sulfide) groups is 1. The van der Waals surface area contributed by atoms with E-state index < -0.39 is 10.0 Å². The van der Waals surface area contributed by atoms with Gasteiger partial charge in [0.05, 0.1) is 7.11 Å². The summed E-state index contributed by atoms with van der Waals surface area (Å²) >= 11 is 1.74. The van der Waals surface area contributed by atoms with Crippen LogP contribution in [0.15, 0.2) is 41.4 Å². The number of amides is 1. The van der Waals surface area contributed by atoms with Crippen molar-refractivity contribution in [1.29, 1.82) is 0 Å². The van der Waals surface area contributed by atoms with Crippen LogP contribution in [-0.4, -0.2) is 67.3 Å². The van der Waals surface area contributed by atoms with Crippen molar-refractivity contribution in [3.63, 3.8) is 0 Å². The molecule has 2 heterocycles. The molecule has 0 aliphatic carbocycles. The predicted octanol–water partition coefficient (Wildman–Crippen LogP) is 2.03. The first kappa shape index (κ1) is 19.8. The van der Waals surface area contributed by atoms with E-state index in [0.29, 0.717) is 25.4 Å². The number of ether oxygens (including phenoxy) is 1. The molecule has 7 nitrogen and oxygen atoms in total. The van der Waals surface area contributed by atoms with Gasteiger partial charge in [-0.25, -0.2) is 8.42 Å². The Morgan fingerprint density at radius 1 is 1.30 bits per heavy atom. The van der Waals surface area contributed by atoms with Gasteiger partial charge in [0, 0.05) is 49.9 Å². The van der Waals surface area contributed by atoms with Crippen molar-refractivity contribution in [1.82, 2.24) is 14.2 Å². The lowest BCUT2D eigenvalue weighted by Gasteiger charge is -2.24. The maximum atomic E-state index is 12.7. The zero-order valence-electron chi connectivity index (χ0n) is 15.3. The van der Waals surface area contributed by atoms with Crippen LogP contribution >= 0.6 is 11.8 Å². The number of para-hydroxylation sites is 1. The Bertz CT molecular complexity index is 905. The van der Waals surface area contributed by atoms with Gasteiger partial charge in [-0.15, -0.1) is 0 Å². The van der Waals surface area contributed by atoms with Crippen LogP contribution in [0, 0.1) is 0 Å². The molecule has 0 spiro atoms. The Morgan fingerprint density at radius 2 is 2.00 bits per heavy atom.